The molecule has 4 rings (SSSR count). The second-order valence-corrected chi connectivity index (χ2v) is 11.9. The lowest BCUT2D eigenvalue weighted by Crippen LogP contribution is -2.53. The first kappa shape index (κ1) is 35.5. The van der Waals surface area contributed by atoms with E-state index in [-0.39, 0.29) is 35.7 Å². The van der Waals surface area contributed by atoms with Crippen molar-refractivity contribution in [1.29, 1.82) is 5.41 Å². The third-order valence-corrected chi connectivity index (χ3v) is 8.47. The molecule has 15 heteroatoms. The number of benzene rings is 2. The van der Waals surface area contributed by atoms with Gasteiger partial charge in [-0.05, 0) is 36.1 Å². The van der Waals surface area contributed by atoms with Gasteiger partial charge in [-0.3, -0.25) is 15.0 Å². The van der Waals surface area contributed by atoms with Crippen LogP contribution in [0.25, 0.3) is 0 Å². The molecular formula is C33H47N11O4. The number of amides is 6. The minimum Gasteiger partial charge on any atom is -0.384 e. The fourth-order valence-corrected chi connectivity index (χ4v) is 5.58. The highest BCUT2D eigenvalue weighted by atomic mass is 16.2. The maximum Gasteiger partial charge on any atom is 0.317 e. The number of unbranched alkanes of at least 4 members (excludes halogenated alkanes) is 2. The van der Waals surface area contributed by atoms with Gasteiger partial charge < -0.3 is 47.4 Å². The van der Waals surface area contributed by atoms with Crippen molar-refractivity contribution in [3.8, 4) is 0 Å². The summed E-state index contributed by atoms with van der Waals surface area (Å²) in [5.74, 6) is 0.135. The van der Waals surface area contributed by atoms with Gasteiger partial charge in [0.1, 0.15) is 5.84 Å². The molecule has 6 amide bonds. The maximum atomic E-state index is 12.7. The molecule has 0 saturated carbocycles. The largest absolute Gasteiger partial charge is 0.384 e. The Bertz CT molecular complexity index is 1440. The summed E-state index contributed by atoms with van der Waals surface area (Å²) in [6.07, 6.45) is 3.04. The molecule has 48 heavy (non-hydrogen) atoms. The van der Waals surface area contributed by atoms with Gasteiger partial charge >= 0.3 is 12.1 Å². The van der Waals surface area contributed by atoms with E-state index in [1.807, 2.05) is 24.3 Å². The number of nitrogen functional groups attached to an aromatic ring is 1. The normalized spacial score (nSPS) is 14.7. The van der Waals surface area contributed by atoms with Crippen LogP contribution in [0.4, 0.5) is 15.3 Å². The van der Waals surface area contributed by atoms with E-state index in [9.17, 15) is 19.2 Å². The van der Waals surface area contributed by atoms with Crippen molar-refractivity contribution in [3.63, 3.8) is 0 Å². The fraction of sp³-hybridized carbons (Fsp3) is 0.455. The summed E-state index contributed by atoms with van der Waals surface area (Å²) in [5.41, 5.74) is 19.4. The molecule has 0 aromatic heterocycles. The number of nitrogens with two attached hydrogens (primary N) is 3. The quantitative estimate of drug-likeness (QED) is 0.111. The zero-order chi connectivity index (χ0) is 34.5. The summed E-state index contributed by atoms with van der Waals surface area (Å²) in [7, 11) is 0. The Hall–Kier alpha value is -5.34. The van der Waals surface area contributed by atoms with Crippen LogP contribution in [0.5, 0.6) is 0 Å². The third-order valence-electron chi connectivity index (χ3n) is 8.47. The standard InChI is InChI=1S/C33H47N11O4/c34-30(35)26-10-6-24(7-11-26)22-38-32(47)43-18-14-41(15-19-43)28(45)4-2-1-3-5-29(46)42-16-20-44(21-17-42)33(48)39-23-25-8-12-27(13-9-25)40-31(36)37/h6-13H,1-5,14-23H2,(H3,34,35)(H,38,47)(H,39,48)(H4,36,37,40). The van der Waals surface area contributed by atoms with Gasteiger partial charge in [-0.2, -0.15) is 0 Å². The number of aliphatic imine (C=N–C) groups is 1. The predicted molar refractivity (Wildman–Crippen MR) is 183 cm³/mol. The van der Waals surface area contributed by atoms with E-state index in [4.69, 9.17) is 22.6 Å². The van der Waals surface area contributed by atoms with E-state index in [1.54, 1.807) is 43.9 Å². The van der Waals surface area contributed by atoms with Gasteiger partial charge in [-0.1, -0.05) is 42.8 Å². The van der Waals surface area contributed by atoms with Crippen LogP contribution in [0.3, 0.4) is 0 Å². The van der Waals surface area contributed by atoms with Crippen LogP contribution in [0.2, 0.25) is 0 Å². The van der Waals surface area contributed by atoms with Crippen molar-refractivity contribution in [2.75, 3.05) is 52.4 Å². The minimum atomic E-state index is -0.170. The topological polar surface area (TPSA) is 220 Å². The molecule has 0 bridgehead atoms. The molecule has 0 atom stereocenters. The number of piperazine rings is 2. The summed E-state index contributed by atoms with van der Waals surface area (Å²) >= 11 is 0. The first-order valence-electron chi connectivity index (χ1n) is 16.3. The molecular weight excluding hydrogens is 614 g/mol. The van der Waals surface area contributed by atoms with E-state index in [2.05, 4.69) is 15.6 Å². The van der Waals surface area contributed by atoms with E-state index >= 15 is 0 Å². The monoisotopic (exact) mass is 661 g/mol. The van der Waals surface area contributed by atoms with Gasteiger partial charge in [-0.15, -0.1) is 0 Å². The number of guanidine groups is 1. The molecule has 0 spiro atoms. The highest BCUT2D eigenvalue weighted by Gasteiger charge is 2.25. The van der Waals surface area contributed by atoms with E-state index in [0.717, 1.165) is 17.5 Å². The average Bonchev–Trinajstić information content (AvgIpc) is 3.09. The Labute approximate surface area is 281 Å². The van der Waals surface area contributed by atoms with Crippen molar-refractivity contribution >= 4 is 41.4 Å². The Morgan fingerprint density at radius 2 is 1.00 bits per heavy atom. The number of carbonyl (C=O) groups is 4. The molecule has 9 N–H and O–H groups in total. The number of nitrogens with zero attached hydrogens (tertiary/aromatic N) is 5. The van der Waals surface area contributed by atoms with Crippen LogP contribution < -0.4 is 27.8 Å². The second kappa shape index (κ2) is 17.5. The number of carbonyl (C=O) groups excluding carboxylic acids is 4. The molecule has 258 valence electrons. The first-order valence-corrected chi connectivity index (χ1v) is 16.3. The van der Waals surface area contributed by atoms with Crippen LogP contribution in [-0.4, -0.2) is 108 Å². The van der Waals surface area contributed by atoms with Crippen molar-refractivity contribution in [1.82, 2.24) is 30.2 Å². The number of urea groups is 2. The van der Waals surface area contributed by atoms with Crippen LogP contribution in [0, 0.1) is 5.41 Å². The van der Waals surface area contributed by atoms with Gasteiger partial charge in [-0.25, -0.2) is 14.6 Å². The molecule has 2 aliphatic rings. The Balaban J connectivity index is 1.03. The lowest BCUT2D eigenvalue weighted by Gasteiger charge is -2.35. The number of hydrogen-bond acceptors (Lipinski definition) is 6. The molecule has 0 aliphatic carbocycles. The van der Waals surface area contributed by atoms with Gasteiger partial charge in [0.15, 0.2) is 5.96 Å². The van der Waals surface area contributed by atoms with Crippen LogP contribution in [-0.2, 0) is 22.7 Å². The average molecular weight is 662 g/mol. The predicted octanol–water partition coefficient (Wildman–Crippen LogP) is 1.23. The van der Waals surface area contributed by atoms with Crippen LogP contribution in [0.15, 0.2) is 53.5 Å². The van der Waals surface area contributed by atoms with E-state index < -0.39 is 0 Å². The maximum absolute atomic E-state index is 12.7. The van der Waals surface area contributed by atoms with E-state index in [0.29, 0.717) is 102 Å². The summed E-state index contributed by atoms with van der Waals surface area (Å²) in [6.45, 7) is 4.61. The molecule has 2 fully saturated rings. The first-order chi connectivity index (χ1) is 23.1. The molecule has 2 aromatic carbocycles. The Morgan fingerprint density at radius 1 is 0.604 bits per heavy atom. The van der Waals surface area contributed by atoms with Crippen molar-refractivity contribution in [3.05, 3.63) is 65.2 Å². The van der Waals surface area contributed by atoms with E-state index in [1.165, 1.54) is 0 Å². The highest BCUT2D eigenvalue weighted by molar-refractivity contribution is 5.94. The van der Waals surface area contributed by atoms with Gasteiger partial charge in [0.2, 0.25) is 11.8 Å². The summed E-state index contributed by atoms with van der Waals surface area (Å²) in [6, 6.07) is 14.1. The molecule has 0 radical (unpaired) electrons. The summed E-state index contributed by atoms with van der Waals surface area (Å²) in [4.78, 5) is 61.7. The summed E-state index contributed by atoms with van der Waals surface area (Å²) < 4.78 is 0. The third kappa shape index (κ3) is 10.9. The van der Waals surface area contributed by atoms with Gasteiger partial charge in [0.05, 0.1) is 5.69 Å². The SMILES string of the molecule is N=C(N)c1ccc(CNC(=O)N2CCN(C(=O)CCCCCC(=O)N3CCN(C(=O)NCc4ccc(N=C(N)N)cc4)CC3)CC2)cc1. The van der Waals surface area contributed by atoms with Crippen LogP contribution >= 0.6 is 0 Å². The Morgan fingerprint density at radius 3 is 1.40 bits per heavy atom. The second-order valence-electron chi connectivity index (χ2n) is 11.9. The molecule has 2 heterocycles. The lowest BCUT2D eigenvalue weighted by molar-refractivity contribution is -0.133. The molecule has 15 nitrogen and oxygen atoms in total. The van der Waals surface area contributed by atoms with Crippen molar-refractivity contribution in [2.45, 2.75) is 45.2 Å². The number of hydrogen-bond donors (Lipinski definition) is 6. The number of nitrogens with one attached hydrogen (secondary N) is 3. The number of rotatable bonds is 12. The van der Waals surface area contributed by atoms with Crippen molar-refractivity contribution < 1.29 is 19.2 Å². The molecule has 2 aromatic rings. The lowest BCUT2D eigenvalue weighted by atomic mass is 10.1. The Kier molecular flexibility index (Phi) is 13.0. The van der Waals surface area contributed by atoms with Gasteiger partial charge in [0.25, 0.3) is 0 Å². The fourth-order valence-electron chi connectivity index (χ4n) is 5.58. The smallest absolute Gasteiger partial charge is 0.317 e. The zero-order valence-electron chi connectivity index (χ0n) is 27.3. The zero-order valence-corrected chi connectivity index (χ0v) is 27.3. The molecule has 2 aliphatic heterocycles. The van der Waals surface area contributed by atoms with Crippen molar-refractivity contribution in [2.24, 2.45) is 22.2 Å². The van der Waals surface area contributed by atoms with Crippen LogP contribution in [0.1, 0.15) is 48.8 Å². The van der Waals surface area contributed by atoms with Gasteiger partial charge in [0, 0.05) is 83.9 Å². The highest BCUT2D eigenvalue weighted by Crippen LogP contribution is 2.14. The number of amidine groups is 1. The summed E-state index contributed by atoms with van der Waals surface area (Å²) in [5, 5.41) is 13.3. The molecule has 0 unspecified atom stereocenters. The minimum absolute atomic E-state index is 0.00153. The molecule has 2 saturated heterocycles.